The second-order valence-electron chi connectivity index (χ2n) is 11.0. The molecule has 2 N–H and O–H groups in total. The molecule has 2 atom stereocenters. The molecule has 2 aromatic carbocycles. The van der Waals surface area contributed by atoms with Crippen LogP contribution in [-0.4, -0.2) is 80.1 Å². The lowest BCUT2D eigenvalue weighted by atomic mass is 10.1. The summed E-state index contributed by atoms with van der Waals surface area (Å²) in [7, 11) is 3.07. The molecule has 0 bridgehead atoms. The van der Waals surface area contributed by atoms with Crippen molar-refractivity contribution in [1.29, 1.82) is 0 Å². The Morgan fingerprint density at radius 1 is 0.848 bits per heavy atom. The molecule has 236 valence electrons. The van der Waals surface area contributed by atoms with Crippen molar-refractivity contribution in [3.05, 3.63) is 71.1 Å². The van der Waals surface area contributed by atoms with Crippen LogP contribution >= 0.6 is 0 Å². The maximum atomic E-state index is 13.4. The van der Waals surface area contributed by atoms with Gasteiger partial charge in [0.1, 0.15) is 0 Å². The van der Waals surface area contributed by atoms with Crippen molar-refractivity contribution in [2.75, 3.05) is 34.0 Å². The van der Waals surface area contributed by atoms with Gasteiger partial charge in [0, 0.05) is 55.4 Å². The van der Waals surface area contributed by atoms with Crippen molar-refractivity contribution in [3.8, 4) is 34.8 Å². The number of hydrogen-bond donors (Lipinski definition) is 1. The van der Waals surface area contributed by atoms with Gasteiger partial charge in [0.15, 0.2) is 23.0 Å². The predicted molar refractivity (Wildman–Crippen MR) is 175 cm³/mol. The predicted octanol–water partition coefficient (Wildman–Crippen LogP) is 4.72. The summed E-state index contributed by atoms with van der Waals surface area (Å²) in [4.78, 5) is 39.3. The Kier molecular flexibility index (Phi) is 8.90. The Bertz CT molecular complexity index is 1780. The SMILES string of the molecule is CC=CC1=CN2C(=O)c3cc(OC)c(OCCCOc4cc5c(cc4OC)C(=O)N4C=C(C#CCN)C[C@H]4C=N5)cc3N=C[C@@H]2C1. The van der Waals surface area contributed by atoms with Gasteiger partial charge in [-0.3, -0.25) is 19.6 Å². The second-order valence-corrected chi connectivity index (χ2v) is 11.0. The van der Waals surface area contributed by atoms with Gasteiger partial charge in [-0.25, -0.2) is 0 Å². The molecule has 0 radical (unpaired) electrons. The lowest BCUT2D eigenvalue weighted by Crippen LogP contribution is -2.32. The number of ether oxygens (including phenoxy) is 4. The van der Waals surface area contributed by atoms with Crippen molar-refractivity contribution in [1.82, 2.24) is 9.80 Å². The molecule has 0 saturated carbocycles. The summed E-state index contributed by atoms with van der Waals surface area (Å²) >= 11 is 0. The van der Waals surface area contributed by atoms with Crippen LogP contribution in [0.2, 0.25) is 0 Å². The summed E-state index contributed by atoms with van der Waals surface area (Å²) in [5, 5.41) is 0. The number of benzene rings is 2. The molecule has 6 rings (SSSR count). The average molecular weight is 622 g/mol. The van der Waals surface area contributed by atoms with Crippen LogP contribution in [0.15, 0.2) is 69.9 Å². The molecule has 0 unspecified atom stereocenters. The third kappa shape index (κ3) is 5.99. The van der Waals surface area contributed by atoms with E-state index in [0.717, 1.165) is 11.1 Å². The van der Waals surface area contributed by atoms with Crippen molar-refractivity contribution in [2.24, 2.45) is 15.7 Å². The second kappa shape index (κ2) is 13.3. The largest absolute Gasteiger partial charge is 0.493 e. The van der Waals surface area contributed by atoms with Crippen molar-refractivity contribution in [2.45, 2.75) is 38.3 Å². The zero-order valence-electron chi connectivity index (χ0n) is 26.0. The van der Waals surface area contributed by atoms with Crippen LogP contribution in [0, 0.1) is 11.8 Å². The van der Waals surface area contributed by atoms with Crippen LogP contribution in [0.25, 0.3) is 0 Å². The van der Waals surface area contributed by atoms with Crippen LogP contribution in [0.3, 0.4) is 0 Å². The maximum Gasteiger partial charge on any atom is 0.260 e. The van der Waals surface area contributed by atoms with Gasteiger partial charge >= 0.3 is 0 Å². The van der Waals surface area contributed by atoms with E-state index in [9.17, 15) is 9.59 Å². The Balaban J connectivity index is 1.10. The first-order chi connectivity index (χ1) is 22.4. The molecule has 2 amide bonds. The van der Waals surface area contributed by atoms with Gasteiger partial charge in [-0.05, 0) is 31.1 Å². The van der Waals surface area contributed by atoms with E-state index in [1.165, 1.54) is 14.2 Å². The summed E-state index contributed by atoms with van der Waals surface area (Å²) < 4.78 is 23.2. The lowest BCUT2D eigenvalue weighted by Gasteiger charge is -2.19. The molecule has 0 aliphatic carbocycles. The molecule has 4 aliphatic heterocycles. The number of amides is 2. The summed E-state index contributed by atoms with van der Waals surface area (Å²) in [5.41, 5.74) is 9.33. The summed E-state index contributed by atoms with van der Waals surface area (Å²) in [6, 6.07) is 6.45. The number of aliphatic imine (C=N–C) groups is 2. The number of nitrogens with two attached hydrogens (primary N) is 1. The average Bonchev–Trinajstić information content (AvgIpc) is 3.62. The zero-order chi connectivity index (χ0) is 32.2. The molecule has 11 heteroatoms. The smallest absolute Gasteiger partial charge is 0.260 e. The third-order valence-corrected chi connectivity index (χ3v) is 7.99. The minimum Gasteiger partial charge on any atom is -0.493 e. The molecular formula is C35H35N5O6. The van der Waals surface area contributed by atoms with Gasteiger partial charge < -0.3 is 34.5 Å². The Labute approximate surface area is 267 Å². The minimum absolute atomic E-state index is 0.129. The first-order valence-electron chi connectivity index (χ1n) is 15.1. The normalized spacial score (nSPS) is 19.3. The molecule has 0 aromatic heterocycles. The molecule has 2 aromatic rings. The number of rotatable bonds is 9. The molecule has 0 spiro atoms. The molecule has 4 heterocycles. The van der Waals surface area contributed by atoms with Gasteiger partial charge in [0.05, 0.1) is 68.6 Å². The van der Waals surface area contributed by atoms with Crippen LogP contribution in [-0.2, 0) is 0 Å². The van der Waals surface area contributed by atoms with Gasteiger partial charge in [0.2, 0.25) is 0 Å². The number of carbonyl (C=O) groups excluding carboxylic acids is 2. The fourth-order valence-corrected chi connectivity index (χ4v) is 5.78. The highest BCUT2D eigenvalue weighted by Crippen LogP contribution is 2.40. The fraction of sp³-hybridized carbons (Fsp3) is 0.314. The minimum atomic E-state index is -0.215. The molecule has 0 fully saturated rings. The van der Waals surface area contributed by atoms with Gasteiger partial charge in [-0.1, -0.05) is 24.0 Å². The molecule has 0 saturated heterocycles. The van der Waals surface area contributed by atoms with Gasteiger partial charge in [-0.15, -0.1) is 0 Å². The fourth-order valence-electron chi connectivity index (χ4n) is 5.78. The summed E-state index contributed by atoms with van der Waals surface area (Å²) in [6.07, 6.45) is 13.0. The summed E-state index contributed by atoms with van der Waals surface area (Å²) in [6.45, 7) is 2.85. The molecule has 46 heavy (non-hydrogen) atoms. The van der Waals surface area contributed by atoms with Crippen LogP contribution < -0.4 is 24.7 Å². The van der Waals surface area contributed by atoms with Crippen molar-refractivity contribution in [3.63, 3.8) is 0 Å². The van der Waals surface area contributed by atoms with Crippen molar-refractivity contribution < 1.29 is 28.5 Å². The molecule has 4 aliphatic rings. The van der Waals surface area contributed by atoms with E-state index in [-0.39, 0.29) is 30.4 Å². The number of fused-ring (bicyclic) bond motifs is 4. The van der Waals surface area contributed by atoms with Crippen molar-refractivity contribution >= 4 is 35.6 Å². The highest BCUT2D eigenvalue weighted by Gasteiger charge is 2.34. The van der Waals surface area contributed by atoms with E-state index in [1.54, 1.807) is 46.5 Å². The standard InChI is InChI=1S/C35H35N5O6/c1-4-7-22-12-24-18-37-28-16-32(30(43-2)14-26(28)34(41)39(24)20-22)45-10-6-11-46-33-17-29-27(15-31(33)44-3)35(42)40-21-23(8-5-9-36)13-25(40)19-38-29/h4,7,14-21,24-25H,6,9-13,36H2,1-3H3/t24-,25-/m0/s1. The number of hydrogen-bond acceptors (Lipinski definition) is 9. The zero-order valence-corrected chi connectivity index (χ0v) is 26.0. The number of methoxy groups -OCH3 is 2. The number of allylic oxidation sites excluding steroid dienone is 2. The Hall–Kier alpha value is -5.34. The number of carbonyl (C=O) groups is 2. The van der Waals surface area contributed by atoms with E-state index < -0.39 is 0 Å². The van der Waals surface area contributed by atoms with Gasteiger partial charge in [-0.2, -0.15) is 0 Å². The quantitative estimate of drug-likeness (QED) is 0.317. The van der Waals surface area contributed by atoms with Crippen LogP contribution in [0.1, 0.15) is 46.9 Å². The topological polar surface area (TPSA) is 128 Å². The van der Waals surface area contributed by atoms with E-state index in [2.05, 4.69) is 21.8 Å². The monoisotopic (exact) mass is 621 g/mol. The lowest BCUT2D eigenvalue weighted by molar-refractivity contribution is 0.0809. The number of nitrogens with zero attached hydrogens (tertiary/aromatic N) is 4. The van der Waals surface area contributed by atoms with E-state index >= 15 is 0 Å². The first kappa shape index (κ1) is 30.7. The first-order valence-corrected chi connectivity index (χ1v) is 15.1. The van der Waals surface area contributed by atoms with Crippen LogP contribution in [0.4, 0.5) is 11.4 Å². The highest BCUT2D eigenvalue weighted by molar-refractivity contribution is 6.05. The third-order valence-electron chi connectivity index (χ3n) is 7.99. The highest BCUT2D eigenvalue weighted by atomic mass is 16.5. The van der Waals surface area contributed by atoms with E-state index in [4.69, 9.17) is 24.7 Å². The molecule has 11 nitrogen and oxygen atoms in total. The van der Waals surface area contributed by atoms with E-state index in [1.807, 2.05) is 31.5 Å². The maximum absolute atomic E-state index is 13.4. The Morgan fingerprint density at radius 3 is 1.96 bits per heavy atom. The molecular weight excluding hydrogens is 586 g/mol. The van der Waals surface area contributed by atoms with E-state index in [0.29, 0.717) is 78.0 Å². The Morgan fingerprint density at radius 2 is 1.41 bits per heavy atom. The summed E-state index contributed by atoms with van der Waals surface area (Å²) in [5.74, 6) is 7.38. The van der Waals surface area contributed by atoms with Crippen LogP contribution in [0.5, 0.6) is 23.0 Å². The van der Waals surface area contributed by atoms with Gasteiger partial charge in [0.25, 0.3) is 11.8 Å².